The summed E-state index contributed by atoms with van der Waals surface area (Å²) in [7, 11) is 1.75. The second-order valence-electron chi connectivity index (χ2n) is 9.02. The van der Waals surface area contributed by atoms with Gasteiger partial charge in [0.2, 0.25) is 6.41 Å². The van der Waals surface area contributed by atoms with Crippen molar-refractivity contribution in [1.29, 1.82) is 0 Å². The quantitative estimate of drug-likeness (QED) is 0.349. The van der Waals surface area contributed by atoms with E-state index in [2.05, 4.69) is 65.5 Å². The molecule has 5 heteroatoms. The predicted octanol–water partition coefficient (Wildman–Crippen LogP) is 5.32. The third kappa shape index (κ3) is 4.87. The van der Waals surface area contributed by atoms with Crippen LogP contribution in [0.1, 0.15) is 56.1 Å². The number of aryl methyl sites for hydroxylation is 1. The smallest absolute Gasteiger partial charge is 0.207 e. The highest BCUT2D eigenvalue weighted by molar-refractivity contribution is 5.77. The first-order valence-electron chi connectivity index (χ1n) is 11.5. The first-order valence-corrected chi connectivity index (χ1v) is 11.5. The molecule has 1 N–H and O–H groups in total. The minimum atomic E-state index is 0.0300. The molecule has 4 rings (SSSR count). The van der Waals surface area contributed by atoms with Crippen molar-refractivity contribution in [2.75, 3.05) is 13.7 Å². The third-order valence-corrected chi connectivity index (χ3v) is 6.88. The molecule has 2 heterocycles. The van der Waals surface area contributed by atoms with Gasteiger partial charge >= 0.3 is 0 Å². The van der Waals surface area contributed by atoms with E-state index in [0.29, 0.717) is 12.5 Å². The Balaban J connectivity index is 1.48. The van der Waals surface area contributed by atoms with Crippen molar-refractivity contribution in [2.45, 2.75) is 56.9 Å². The van der Waals surface area contributed by atoms with Gasteiger partial charge in [0.05, 0.1) is 12.9 Å². The van der Waals surface area contributed by atoms with Crippen molar-refractivity contribution in [3.8, 4) is 0 Å². The molecule has 0 spiro atoms. The monoisotopic (exact) mass is 431 g/mol. The highest BCUT2D eigenvalue weighted by Crippen LogP contribution is 2.36. The summed E-state index contributed by atoms with van der Waals surface area (Å²) in [6.45, 7) is 3.00. The lowest BCUT2D eigenvalue weighted by atomic mass is 9.86. The Labute approximate surface area is 190 Å². The minimum absolute atomic E-state index is 0.0300. The van der Waals surface area contributed by atoms with Crippen LogP contribution in [0.5, 0.6) is 0 Å². The number of methoxy groups -OCH3 is 1. The highest BCUT2D eigenvalue weighted by atomic mass is 16.5. The maximum absolute atomic E-state index is 10.7. The molecule has 0 fully saturated rings. The van der Waals surface area contributed by atoms with Crippen LogP contribution in [0.4, 0.5) is 0 Å². The Hall–Kier alpha value is -3.08. The average molecular weight is 432 g/mol. The fourth-order valence-electron chi connectivity index (χ4n) is 4.84. The fourth-order valence-corrected chi connectivity index (χ4v) is 4.84. The molecule has 1 aliphatic rings. The molecule has 1 aliphatic carbocycles. The SMILES string of the molecule is COC1=CCC(C)(n2ccc3cc(CCC(CCNC=O)c4ccccc4)cnc32)CC1. The molecule has 2 atom stereocenters. The van der Waals surface area contributed by atoms with E-state index < -0.39 is 0 Å². The molecule has 0 aliphatic heterocycles. The number of fused-ring (bicyclic) bond motifs is 1. The molecule has 2 aromatic heterocycles. The number of nitrogens with one attached hydrogen (secondary N) is 1. The van der Waals surface area contributed by atoms with Gasteiger partial charge in [-0.15, -0.1) is 0 Å². The van der Waals surface area contributed by atoms with E-state index in [-0.39, 0.29) is 5.54 Å². The summed E-state index contributed by atoms with van der Waals surface area (Å²) in [6, 6.07) is 15.1. The first kappa shape index (κ1) is 22.1. The predicted molar refractivity (Wildman–Crippen MR) is 129 cm³/mol. The van der Waals surface area contributed by atoms with Crippen LogP contribution in [0.3, 0.4) is 0 Å². The summed E-state index contributed by atoms with van der Waals surface area (Å²) in [5.41, 5.74) is 3.67. The normalized spacial score (nSPS) is 19.4. The molecule has 0 radical (unpaired) electrons. The van der Waals surface area contributed by atoms with Crippen molar-refractivity contribution in [3.63, 3.8) is 0 Å². The van der Waals surface area contributed by atoms with E-state index in [1.807, 2.05) is 12.3 Å². The zero-order chi connectivity index (χ0) is 22.4. The van der Waals surface area contributed by atoms with Gasteiger partial charge < -0.3 is 14.6 Å². The summed E-state index contributed by atoms with van der Waals surface area (Å²) in [6.07, 6.45) is 13.1. The molecule has 168 valence electrons. The Morgan fingerprint density at radius 2 is 2.09 bits per heavy atom. The van der Waals surface area contributed by atoms with E-state index in [4.69, 9.17) is 9.72 Å². The molecule has 5 nitrogen and oxygen atoms in total. The summed E-state index contributed by atoms with van der Waals surface area (Å²) < 4.78 is 7.77. The van der Waals surface area contributed by atoms with Crippen LogP contribution in [0.2, 0.25) is 0 Å². The van der Waals surface area contributed by atoms with Gasteiger partial charge in [0, 0.05) is 36.3 Å². The molecule has 0 bridgehead atoms. The number of pyridine rings is 1. The first-order chi connectivity index (χ1) is 15.6. The van der Waals surface area contributed by atoms with Crippen molar-refractivity contribution in [3.05, 3.63) is 77.8 Å². The molecule has 0 saturated heterocycles. The second kappa shape index (κ2) is 10.0. The lowest BCUT2D eigenvalue weighted by Crippen LogP contribution is -2.31. The number of nitrogens with zero attached hydrogens (tertiary/aromatic N) is 2. The fraction of sp³-hybridized carbons (Fsp3) is 0.407. The van der Waals surface area contributed by atoms with E-state index in [9.17, 15) is 4.79 Å². The number of allylic oxidation sites excluding steroid dienone is 2. The van der Waals surface area contributed by atoms with E-state index in [1.54, 1.807) is 7.11 Å². The number of amides is 1. The van der Waals surface area contributed by atoms with Crippen LogP contribution >= 0.6 is 0 Å². The number of hydrogen-bond acceptors (Lipinski definition) is 3. The van der Waals surface area contributed by atoms with E-state index >= 15 is 0 Å². The number of carbonyl (C=O) groups is 1. The van der Waals surface area contributed by atoms with Crippen LogP contribution in [-0.4, -0.2) is 29.6 Å². The number of aromatic nitrogens is 2. The summed E-state index contributed by atoms with van der Waals surface area (Å²) >= 11 is 0. The van der Waals surface area contributed by atoms with Crippen LogP contribution < -0.4 is 5.32 Å². The van der Waals surface area contributed by atoms with Gasteiger partial charge in [0.15, 0.2) is 0 Å². The van der Waals surface area contributed by atoms with Gasteiger partial charge in [0.1, 0.15) is 5.65 Å². The largest absolute Gasteiger partial charge is 0.501 e. The van der Waals surface area contributed by atoms with Crippen molar-refractivity contribution in [2.24, 2.45) is 0 Å². The molecule has 1 aromatic carbocycles. The summed E-state index contributed by atoms with van der Waals surface area (Å²) in [5.74, 6) is 1.50. The molecule has 32 heavy (non-hydrogen) atoms. The zero-order valence-corrected chi connectivity index (χ0v) is 19.1. The summed E-state index contributed by atoms with van der Waals surface area (Å²) in [5, 5.41) is 4.01. The van der Waals surface area contributed by atoms with Gasteiger partial charge in [-0.2, -0.15) is 0 Å². The van der Waals surface area contributed by atoms with Crippen LogP contribution in [-0.2, 0) is 21.5 Å². The minimum Gasteiger partial charge on any atom is -0.501 e. The van der Waals surface area contributed by atoms with Gasteiger partial charge in [-0.3, -0.25) is 4.79 Å². The van der Waals surface area contributed by atoms with Gasteiger partial charge in [0.25, 0.3) is 0 Å². The zero-order valence-electron chi connectivity index (χ0n) is 19.1. The van der Waals surface area contributed by atoms with Crippen molar-refractivity contribution in [1.82, 2.24) is 14.9 Å². The molecule has 2 unspecified atom stereocenters. The standard InChI is InChI=1S/C27H33N3O2/c1-27(14-10-25(32-2)11-15-27)30-17-13-24-18-21(19-29-26(24)30)8-9-23(12-16-28-20-31)22-6-4-3-5-7-22/h3-7,10,13,17-20,23H,8-9,11-12,14-16H2,1-2H3,(H,28,31). The lowest BCUT2D eigenvalue weighted by Gasteiger charge is -2.34. The Morgan fingerprint density at radius 3 is 2.81 bits per heavy atom. The maximum atomic E-state index is 10.7. The Morgan fingerprint density at radius 1 is 1.25 bits per heavy atom. The van der Waals surface area contributed by atoms with Crippen LogP contribution in [0.25, 0.3) is 11.0 Å². The number of hydrogen-bond donors (Lipinski definition) is 1. The van der Waals surface area contributed by atoms with Crippen LogP contribution in [0, 0.1) is 0 Å². The third-order valence-electron chi connectivity index (χ3n) is 6.88. The summed E-state index contributed by atoms with van der Waals surface area (Å²) in [4.78, 5) is 15.5. The average Bonchev–Trinajstić information content (AvgIpc) is 3.26. The molecule has 1 amide bonds. The molecular weight excluding hydrogens is 398 g/mol. The van der Waals surface area contributed by atoms with Gasteiger partial charge in [-0.05, 0) is 74.3 Å². The van der Waals surface area contributed by atoms with Crippen LogP contribution in [0.15, 0.2) is 66.7 Å². The molecule has 3 aromatic rings. The number of carbonyl (C=O) groups excluding carboxylic acids is 1. The number of benzene rings is 1. The van der Waals surface area contributed by atoms with Gasteiger partial charge in [-0.1, -0.05) is 30.3 Å². The molecule has 0 saturated carbocycles. The van der Waals surface area contributed by atoms with Crippen molar-refractivity contribution >= 4 is 17.4 Å². The topological polar surface area (TPSA) is 56.1 Å². The second-order valence-corrected chi connectivity index (χ2v) is 9.02. The van der Waals surface area contributed by atoms with Gasteiger partial charge in [-0.25, -0.2) is 4.98 Å². The lowest BCUT2D eigenvalue weighted by molar-refractivity contribution is -0.109. The van der Waals surface area contributed by atoms with E-state index in [0.717, 1.165) is 56.3 Å². The molecular formula is C27H33N3O2. The van der Waals surface area contributed by atoms with Crippen molar-refractivity contribution < 1.29 is 9.53 Å². The number of ether oxygens (including phenoxy) is 1. The highest BCUT2D eigenvalue weighted by Gasteiger charge is 2.30. The van der Waals surface area contributed by atoms with E-state index in [1.165, 1.54) is 16.5 Å². The Bertz CT molecular complexity index is 1070. The Kier molecular flexibility index (Phi) is 6.93. The maximum Gasteiger partial charge on any atom is 0.207 e. The number of rotatable bonds is 10.